The standard InChI is InChI=1S/C11H14Cl3NO2/c1-7(2)6-16-3-4-17-11-9(13)5-8(12)10(14)15-11/h5,7H,3-4,6H2,1-2H3. The molecule has 0 N–H and O–H groups in total. The van der Waals surface area contributed by atoms with E-state index in [9.17, 15) is 0 Å². The highest BCUT2D eigenvalue weighted by molar-refractivity contribution is 6.42. The van der Waals surface area contributed by atoms with Gasteiger partial charge in [0.2, 0.25) is 5.88 Å². The van der Waals surface area contributed by atoms with E-state index in [1.54, 1.807) is 0 Å². The van der Waals surface area contributed by atoms with Crippen LogP contribution in [0.1, 0.15) is 13.8 Å². The van der Waals surface area contributed by atoms with Crippen LogP contribution >= 0.6 is 34.8 Å². The third-order valence-corrected chi connectivity index (χ3v) is 2.72. The molecular formula is C11H14Cl3NO2. The summed E-state index contributed by atoms with van der Waals surface area (Å²) in [5.41, 5.74) is 0. The van der Waals surface area contributed by atoms with Crippen LogP contribution in [0.3, 0.4) is 0 Å². The Morgan fingerprint density at radius 2 is 1.88 bits per heavy atom. The summed E-state index contributed by atoms with van der Waals surface area (Å²) in [7, 11) is 0. The highest BCUT2D eigenvalue weighted by Gasteiger charge is 2.08. The summed E-state index contributed by atoms with van der Waals surface area (Å²) < 4.78 is 10.7. The van der Waals surface area contributed by atoms with E-state index in [4.69, 9.17) is 44.3 Å². The van der Waals surface area contributed by atoms with Crippen molar-refractivity contribution in [2.24, 2.45) is 5.92 Å². The Morgan fingerprint density at radius 1 is 1.18 bits per heavy atom. The van der Waals surface area contributed by atoms with Crippen molar-refractivity contribution in [1.82, 2.24) is 4.98 Å². The Labute approximate surface area is 116 Å². The lowest BCUT2D eigenvalue weighted by Crippen LogP contribution is -2.11. The quantitative estimate of drug-likeness (QED) is 0.585. The van der Waals surface area contributed by atoms with Gasteiger partial charge < -0.3 is 9.47 Å². The fraction of sp³-hybridized carbons (Fsp3) is 0.545. The lowest BCUT2D eigenvalue weighted by Gasteiger charge is -2.09. The van der Waals surface area contributed by atoms with E-state index in [1.165, 1.54) is 6.07 Å². The molecule has 0 radical (unpaired) electrons. The Balaban J connectivity index is 2.39. The van der Waals surface area contributed by atoms with Gasteiger partial charge in [0.1, 0.15) is 11.6 Å². The Hall–Kier alpha value is -0.220. The molecule has 0 fully saturated rings. The van der Waals surface area contributed by atoms with Crippen molar-refractivity contribution >= 4 is 34.8 Å². The van der Waals surface area contributed by atoms with Gasteiger partial charge in [-0.1, -0.05) is 48.7 Å². The van der Waals surface area contributed by atoms with Crippen LogP contribution in [-0.2, 0) is 4.74 Å². The third-order valence-electron chi connectivity index (χ3n) is 1.77. The maximum atomic E-state index is 5.89. The smallest absolute Gasteiger partial charge is 0.234 e. The van der Waals surface area contributed by atoms with Gasteiger partial charge >= 0.3 is 0 Å². The van der Waals surface area contributed by atoms with Crippen molar-refractivity contribution in [2.75, 3.05) is 19.8 Å². The highest BCUT2D eigenvalue weighted by atomic mass is 35.5. The zero-order valence-corrected chi connectivity index (χ0v) is 11.9. The Kier molecular flexibility index (Phi) is 6.34. The molecule has 0 unspecified atom stereocenters. The molecule has 6 heteroatoms. The topological polar surface area (TPSA) is 31.4 Å². The number of nitrogens with zero attached hydrogens (tertiary/aromatic N) is 1. The second-order valence-corrected chi connectivity index (χ2v) is 5.04. The number of rotatable bonds is 6. The van der Waals surface area contributed by atoms with E-state index >= 15 is 0 Å². The minimum absolute atomic E-state index is 0.175. The van der Waals surface area contributed by atoms with Crippen LogP contribution in [0.4, 0.5) is 0 Å². The zero-order chi connectivity index (χ0) is 12.8. The van der Waals surface area contributed by atoms with E-state index in [1.807, 2.05) is 0 Å². The summed E-state index contributed by atoms with van der Waals surface area (Å²) in [4.78, 5) is 3.93. The van der Waals surface area contributed by atoms with Crippen LogP contribution in [0.25, 0.3) is 0 Å². The van der Waals surface area contributed by atoms with Gasteiger partial charge in [0.15, 0.2) is 5.15 Å². The van der Waals surface area contributed by atoms with E-state index in [0.717, 1.165) is 0 Å². The molecule has 3 nitrogen and oxygen atoms in total. The molecule has 1 aromatic heterocycles. The zero-order valence-electron chi connectivity index (χ0n) is 9.67. The number of halogens is 3. The Bertz CT molecular complexity index is 372. The number of aromatic nitrogens is 1. The van der Waals surface area contributed by atoms with Crippen LogP contribution in [0, 0.1) is 5.92 Å². The van der Waals surface area contributed by atoms with Crippen molar-refractivity contribution in [2.45, 2.75) is 13.8 Å². The molecule has 1 aromatic rings. The highest BCUT2D eigenvalue weighted by Crippen LogP contribution is 2.30. The Morgan fingerprint density at radius 3 is 2.53 bits per heavy atom. The minimum Gasteiger partial charge on any atom is -0.474 e. The number of pyridine rings is 1. The fourth-order valence-corrected chi connectivity index (χ4v) is 1.59. The average molecular weight is 299 g/mol. The summed E-state index contributed by atoms with van der Waals surface area (Å²) in [5, 5.41) is 0.817. The predicted octanol–water partition coefficient (Wildman–Crippen LogP) is 4.09. The SMILES string of the molecule is CC(C)COCCOc1nc(Cl)c(Cl)cc1Cl. The molecular weight excluding hydrogens is 284 g/mol. The molecule has 0 aliphatic rings. The van der Waals surface area contributed by atoms with Gasteiger partial charge in [-0.3, -0.25) is 0 Å². The molecule has 0 atom stereocenters. The van der Waals surface area contributed by atoms with Gasteiger partial charge in [0, 0.05) is 6.61 Å². The predicted molar refractivity (Wildman–Crippen MR) is 70.4 cm³/mol. The lowest BCUT2D eigenvalue weighted by atomic mass is 10.2. The largest absolute Gasteiger partial charge is 0.474 e. The van der Waals surface area contributed by atoms with Gasteiger partial charge in [-0.2, -0.15) is 4.98 Å². The number of hydrogen-bond donors (Lipinski definition) is 0. The molecule has 0 saturated carbocycles. The molecule has 0 aromatic carbocycles. The lowest BCUT2D eigenvalue weighted by molar-refractivity contribution is 0.0806. The van der Waals surface area contributed by atoms with Crippen LogP contribution in [0.15, 0.2) is 6.07 Å². The molecule has 0 aliphatic heterocycles. The second-order valence-electron chi connectivity index (χ2n) is 3.87. The van der Waals surface area contributed by atoms with E-state index in [0.29, 0.717) is 35.8 Å². The summed E-state index contributed by atoms with van der Waals surface area (Å²) >= 11 is 17.4. The molecule has 0 spiro atoms. The monoisotopic (exact) mass is 297 g/mol. The third kappa shape index (κ3) is 5.30. The van der Waals surface area contributed by atoms with Gasteiger partial charge in [0.25, 0.3) is 0 Å². The summed E-state index contributed by atoms with van der Waals surface area (Å²) in [5.74, 6) is 0.774. The minimum atomic E-state index is 0.175. The van der Waals surface area contributed by atoms with Gasteiger partial charge in [-0.05, 0) is 12.0 Å². The summed E-state index contributed by atoms with van der Waals surface area (Å²) in [6, 6.07) is 1.50. The van der Waals surface area contributed by atoms with Gasteiger partial charge in [0.05, 0.1) is 11.6 Å². The molecule has 17 heavy (non-hydrogen) atoms. The molecule has 0 amide bonds. The van der Waals surface area contributed by atoms with Crippen LogP contribution in [0.2, 0.25) is 15.2 Å². The van der Waals surface area contributed by atoms with E-state index < -0.39 is 0 Å². The molecule has 1 heterocycles. The van der Waals surface area contributed by atoms with Crippen LogP contribution in [0.5, 0.6) is 5.88 Å². The summed E-state index contributed by atoms with van der Waals surface area (Å²) in [6.45, 7) is 5.72. The van der Waals surface area contributed by atoms with Crippen molar-refractivity contribution in [3.05, 3.63) is 21.3 Å². The van der Waals surface area contributed by atoms with Crippen molar-refractivity contribution < 1.29 is 9.47 Å². The van der Waals surface area contributed by atoms with Gasteiger partial charge in [-0.25, -0.2) is 0 Å². The first kappa shape index (κ1) is 14.8. The maximum absolute atomic E-state index is 5.89. The van der Waals surface area contributed by atoms with Crippen LogP contribution < -0.4 is 4.74 Å². The fourth-order valence-electron chi connectivity index (χ4n) is 1.05. The molecule has 0 aliphatic carbocycles. The average Bonchev–Trinajstić information content (AvgIpc) is 2.24. The number of ether oxygens (including phenoxy) is 2. The molecule has 96 valence electrons. The van der Waals surface area contributed by atoms with Crippen molar-refractivity contribution in [1.29, 1.82) is 0 Å². The normalized spacial score (nSPS) is 10.9. The van der Waals surface area contributed by atoms with Crippen LogP contribution in [-0.4, -0.2) is 24.8 Å². The molecule has 1 rings (SSSR count). The first-order chi connectivity index (χ1) is 8.00. The summed E-state index contributed by atoms with van der Waals surface area (Å²) in [6.07, 6.45) is 0. The molecule has 0 saturated heterocycles. The first-order valence-corrected chi connectivity index (χ1v) is 6.36. The van der Waals surface area contributed by atoms with Gasteiger partial charge in [-0.15, -0.1) is 0 Å². The van der Waals surface area contributed by atoms with E-state index in [2.05, 4.69) is 18.8 Å². The first-order valence-electron chi connectivity index (χ1n) is 5.22. The van der Waals surface area contributed by atoms with Crippen molar-refractivity contribution in [3.63, 3.8) is 0 Å². The maximum Gasteiger partial charge on any atom is 0.234 e. The van der Waals surface area contributed by atoms with Crippen molar-refractivity contribution in [3.8, 4) is 5.88 Å². The molecule has 0 bridgehead atoms. The second kappa shape index (κ2) is 7.27. The number of hydrogen-bond acceptors (Lipinski definition) is 3. The van der Waals surface area contributed by atoms with E-state index in [-0.39, 0.29) is 11.0 Å².